The topological polar surface area (TPSA) is 159 Å². The highest BCUT2D eigenvalue weighted by molar-refractivity contribution is 7.51. The van der Waals surface area contributed by atoms with Gasteiger partial charge in [0.15, 0.2) is 6.23 Å². The number of anilines is 1. The van der Waals surface area contributed by atoms with Crippen molar-refractivity contribution in [2.75, 3.05) is 18.3 Å². The summed E-state index contributed by atoms with van der Waals surface area (Å²) >= 11 is 6.20. The molecule has 0 bridgehead atoms. The molecule has 1 fully saturated rings. The number of fused-ring (bicyclic) bond motifs is 1. The fourth-order valence-corrected chi connectivity index (χ4v) is 4.44. The summed E-state index contributed by atoms with van der Waals surface area (Å²) in [5, 5.41) is 24.9. The van der Waals surface area contributed by atoms with Gasteiger partial charge in [-0.25, -0.2) is 4.98 Å². The Hall–Kier alpha value is -2.08. The number of aliphatic hydroxyl groups is 2. The molecule has 3 heterocycles. The van der Waals surface area contributed by atoms with Gasteiger partial charge in [-0.05, 0) is 37.1 Å². The van der Waals surface area contributed by atoms with Crippen LogP contribution in [0, 0.1) is 6.92 Å². The molecule has 4 rings (SSSR count). The number of ether oxygens (including phenoxy) is 2. The van der Waals surface area contributed by atoms with Crippen LogP contribution in [0.25, 0.3) is 11.0 Å². The molecule has 0 aliphatic carbocycles. The van der Waals surface area contributed by atoms with E-state index in [2.05, 4.69) is 21.4 Å². The number of aliphatic hydroxyl groups excluding tert-OH is 2. The van der Waals surface area contributed by atoms with E-state index < -0.39 is 38.5 Å². The number of aromatic nitrogens is 3. The molecular formula is C21H26ClN4O7P. The van der Waals surface area contributed by atoms with Crippen molar-refractivity contribution in [3.05, 3.63) is 52.9 Å². The molecule has 11 nitrogen and oxygen atoms in total. The lowest BCUT2D eigenvalue weighted by Crippen LogP contribution is -2.33. The van der Waals surface area contributed by atoms with Crippen LogP contribution >= 0.6 is 19.2 Å². The van der Waals surface area contributed by atoms with Crippen LogP contribution in [0.3, 0.4) is 0 Å². The SMILES string of the molecule is Cc1cccc([C@H](C)Nc2nc(Cl)nc3c2ccn3[C@@H]2O[C@H](COCP(=O)(O)O)[C@@H](O)[C@H]2O)c1. The van der Waals surface area contributed by atoms with E-state index in [1.54, 1.807) is 12.3 Å². The molecule has 0 spiro atoms. The van der Waals surface area contributed by atoms with Gasteiger partial charge in [-0.2, -0.15) is 4.98 Å². The maximum absolute atomic E-state index is 11.0. The standard InChI is InChI=1S/C21H26ClN4O7P/c1-11-4-3-5-13(8-11)12(2)23-18-14-6-7-26(19(14)25-21(22)24-18)20-17(28)16(27)15(33-20)9-32-10-34(29,30)31/h3-8,12,15-17,20,27-28H,9-10H2,1-2H3,(H,23,24,25)(H2,29,30,31)/t12-,15+,16+,17+,20+/m0/s1. The molecule has 1 aliphatic heterocycles. The highest BCUT2D eigenvalue weighted by Gasteiger charge is 2.44. The number of hydrogen-bond donors (Lipinski definition) is 5. The van der Waals surface area contributed by atoms with E-state index in [0.717, 1.165) is 11.1 Å². The van der Waals surface area contributed by atoms with E-state index in [9.17, 15) is 14.8 Å². The number of aryl methyl sites for hydroxylation is 1. The van der Waals surface area contributed by atoms with Crippen LogP contribution in [0.5, 0.6) is 0 Å². The maximum Gasteiger partial charge on any atom is 0.350 e. The molecule has 1 aromatic carbocycles. The van der Waals surface area contributed by atoms with E-state index in [0.29, 0.717) is 16.9 Å². The second-order valence-electron chi connectivity index (χ2n) is 8.29. The third-order valence-corrected chi connectivity index (χ3v) is 6.28. The third-order valence-electron chi connectivity index (χ3n) is 5.59. The predicted molar refractivity (Wildman–Crippen MR) is 125 cm³/mol. The first kappa shape index (κ1) is 25.0. The van der Waals surface area contributed by atoms with Crippen LogP contribution in [-0.2, 0) is 14.0 Å². The molecule has 5 N–H and O–H groups in total. The number of nitrogens with zero attached hydrogens (tertiary/aromatic N) is 3. The average molecular weight is 513 g/mol. The van der Waals surface area contributed by atoms with Gasteiger partial charge in [0.25, 0.3) is 0 Å². The number of benzene rings is 1. The summed E-state index contributed by atoms with van der Waals surface area (Å²) in [6.45, 7) is 3.70. The van der Waals surface area contributed by atoms with Crippen LogP contribution < -0.4 is 5.32 Å². The largest absolute Gasteiger partial charge is 0.387 e. The van der Waals surface area contributed by atoms with Gasteiger partial charge >= 0.3 is 7.60 Å². The summed E-state index contributed by atoms with van der Waals surface area (Å²) in [4.78, 5) is 26.5. The van der Waals surface area contributed by atoms with E-state index in [1.807, 2.05) is 32.0 Å². The Labute approximate surface area is 200 Å². The smallest absolute Gasteiger partial charge is 0.350 e. The summed E-state index contributed by atoms with van der Waals surface area (Å²) < 4.78 is 23.2. The van der Waals surface area contributed by atoms with Crippen molar-refractivity contribution < 1.29 is 34.0 Å². The molecule has 1 aliphatic rings. The first-order valence-corrected chi connectivity index (χ1v) is 12.7. The second-order valence-corrected chi connectivity index (χ2v) is 10.2. The average Bonchev–Trinajstić information content (AvgIpc) is 3.29. The molecule has 0 amide bonds. The number of halogens is 1. The summed E-state index contributed by atoms with van der Waals surface area (Å²) in [5.41, 5.74) is 2.58. The fraction of sp³-hybridized carbons (Fsp3) is 0.429. The molecule has 0 radical (unpaired) electrons. The van der Waals surface area contributed by atoms with Crippen LogP contribution in [0.2, 0.25) is 5.28 Å². The zero-order valence-electron chi connectivity index (χ0n) is 18.4. The fourth-order valence-electron chi connectivity index (χ4n) is 3.93. The Bertz CT molecular complexity index is 1220. The molecule has 5 atom stereocenters. The van der Waals surface area contributed by atoms with Gasteiger partial charge in [-0.3, -0.25) is 4.57 Å². The molecule has 13 heteroatoms. The molecule has 184 valence electrons. The van der Waals surface area contributed by atoms with Crippen molar-refractivity contribution in [2.45, 2.75) is 44.4 Å². The molecule has 2 aromatic heterocycles. The Kier molecular flexibility index (Phi) is 7.28. The second kappa shape index (κ2) is 9.88. The van der Waals surface area contributed by atoms with Crippen LogP contribution in [-0.4, -0.2) is 65.8 Å². The van der Waals surface area contributed by atoms with Crippen LogP contribution in [0.15, 0.2) is 36.5 Å². The maximum atomic E-state index is 11.0. The Morgan fingerprint density at radius 3 is 2.74 bits per heavy atom. The zero-order valence-corrected chi connectivity index (χ0v) is 20.1. The minimum absolute atomic E-state index is 0.0130. The monoisotopic (exact) mass is 512 g/mol. The van der Waals surface area contributed by atoms with E-state index >= 15 is 0 Å². The van der Waals surface area contributed by atoms with Crippen molar-refractivity contribution >= 4 is 36.0 Å². The lowest BCUT2D eigenvalue weighted by atomic mass is 10.1. The normalized spacial score (nSPS) is 24.0. The molecular weight excluding hydrogens is 487 g/mol. The van der Waals surface area contributed by atoms with E-state index in [4.69, 9.17) is 30.9 Å². The summed E-state index contributed by atoms with van der Waals surface area (Å²) in [6, 6.07) is 9.74. The first-order valence-electron chi connectivity index (χ1n) is 10.5. The lowest BCUT2D eigenvalue weighted by Gasteiger charge is -2.19. The van der Waals surface area contributed by atoms with Crippen LogP contribution in [0.4, 0.5) is 5.82 Å². The van der Waals surface area contributed by atoms with Gasteiger partial charge in [-0.1, -0.05) is 29.8 Å². The molecule has 0 saturated carbocycles. The van der Waals surface area contributed by atoms with Gasteiger partial charge in [0, 0.05) is 12.2 Å². The van der Waals surface area contributed by atoms with Crippen molar-refractivity contribution in [1.29, 1.82) is 0 Å². The Morgan fingerprint density at radius 2 is 2.03 bits per heavy atom. The third kappa shape index (κ3) is 5.42. The highest BCUT2D eigenvalue weighted by atomic mass is 35.5. The predicted octanol–water partition coefficient (Wildman–Crippen LogP) is 2.34. The highest BCUT2D eigenvalue weighted by Crippen LogP contribution is 2.37. The van der Waals surface area contributed by atoms with Crippen molar-refractivity contribution in [3.8, 4) is 0 Å². The first-order chi connectivity index (χ1) is 16.0. The van der Waals surface area contributed by atoms with Gasteiger partial charge in [0.1, 0.15) is 36.1 Å². The molecule has 3 aromatic rings. The van der Waals surface area contributed by atoms with Crippen molar-refractivity contribution in [2.24, 2.45) is 0 Å². The minimum atomic E-state index is -4.37. The molecule has 34 heavy (non-hydrogen) atoms. The van der Waals surface area contributed by atoms with Crippen molar-refractivity contribution in [1.82, 2.24) is 14.5 Å². The molecule has 0 unspecified atom stereocenters. The van der Waals surface area contributed by atoms with E-state index in [-0.39, 0.29) is 17.9 Å². The Balaban J connectivity index is 1.57. The minimum Gasteiger partial charge on any atom is -0.387 e. The van der Waals surface area contributed by atoms with E-state index in [1.165, 1.54) is 4.57 Å². The van der Waals surface area contributed by atoms with Gasteiger partial charge in [-0.15, -0.1) is 0 Å². The van der Waals surface area contributed by atoms with Crippen molar-refractivity contribution in [3.63, 3.8) is 0 Å². The zero-order chi connectivity index (χ0) is 24.6. The quantitative estimate of drug-likeness (QED) is 0.224. The lowest BCUT2D eigenvalue weighted by molar-refractivity contribution is -0.0610. The van der Waals surface area contributed by atoms with Gasteiger partial charge < -0.3 is 39.4 Å². The van der Waals surface area contributed by atoms with Gasteiger partial charge in [0.2, 0.25) is 5.28 Å². The summed E-state index contributed by atoms with van der Waals surface area (Å²) in [5.74, 6) is 0.498. The number of nitrogens with one attached hydrogen (secondary N) is 1. The van der Waals surface area contributed by atoms with Crippen LogP contribution in [0.1, 0.15) is 30.3 Å². The summed E-state index contributed by atoms with van der Waals surface area (Å²) in [7, 11) is -4.37. The Morgan fingerprint density at radius 1 is 1.26 bits per heavy atom. The molecule has 1 saturated heterocycles. The van der Waals surface area contributed by atoms with Gasteiger partial charge in [0.05, 0.1) is 12.0 Å². The number of rotatable bonds is 8. The summed E-state index contributed by atoms with van der Waals surface area (Å²) in [6.07, 6.45) is -3.88. The number of hydrogen-bond acceptors (Lipinski definition) is 8.